The van der Waals surface area contributed by atoms with Crippen molar-refractivity contribution in [3.8, 4) is 0 Å². The van der Waals surface area contributed by atoms with Crippen LogP contribution in [-0.2, 0) is 0 Å². The average Bonchev–Trinajstić information content (AvgIpc) is 2.67. The number of nitrogens with zero attached hydrogens (tertiary/aromatic N) is 2. The first-order valence-electron chi connectivity index (χ1n) is 7.96. The van der Waals surface area contributed by atoms with E-state index in [0.717, 1.165) is 6.07 Å². The molecule has 0 saturated carbocycles. The molecule has 0 N–H and O–H groups in total. The van der Waals surface area contributed by atoms with Crippen LogP contribution in [0.5, 0.6) is 0 Å². The minimum absolute atomic E-state index is 0.129. The van der Waals surface area contributed by atoms with Gasteiger partial charge in [0.1, 0.15) is 0 Å². The Kier molecular flexibility index (Phi) is 5.62. The second kappa shape index (κ2) is 7.78. The predicted molar refractivity (Wildman–Crippen MR) is 94.6 cm³/mol. The predicted octanol–water partition coefficient (Wildman–Crippen LogP) is 4.01. The van der Waals surface area contributed by atoms with Crippen LogP contribution in [0.3, 0.4) is 0 Å². The van der Waals surface area contributed by atoms with Gasteiger partial charge in [-0.15, -0.1) is 0 Å². The molecule has 1 heterocycles. The zero-order valence-corrected chi connectivity index (χ0v) is 15.3. The molecule has 0 unspecified atom stereocenters. The Labute approximate surface area is 163 Å². The number of rotatable bonds is 2. The third-order valence-electron chi connectivity index (χ3n) is 4.29. The topological polar surface area (TPSA) is 40.6 Å². The molecule has 0 spiro atoms. The van der Waals surface area contributed by atoms with Crippen molar-refractivity contribution < 1.29 is 22.8 Å². The van der Waals surface area contributed by atoms with E-state index in [0.29, 0.717) is 16.7 Å². The van der Waals surface area contributed by atoms with E-state index in [-0.39, 0.29) is 37.1 Å². The number of halogens is 5. The van der Waals surface area contributed by atoms with Crippen molar-refractivity contribution in [2.75, 3.05) is 26.2 Å². The van der Waals surface area contributed by atoms with Gasteiger partial charge < -0.3 is 9.80 Å². The van der Waals surface area contributed by atoms with Crippen LogP contribution in [0.4, 0.5) is 13.2 Å². The maximum atomic E-state index is 13.8. The van der Waals surface area contributed by atoms with Crippen molar-refractivity contribution in [3.63, 3.8) is 0 Å². The van der Waals surface area contributed by atoms with E-state index in [1.807, 2.05) is 0 Å². The lowest BCUT2D eigenvalue weighted by Crippen LogP contribution is -2.50. The van der Waals surface area contributed by atoms with Crippen LogP contribution in [-0.4, -0.2) is 47.8 Å². The van der Waals surface area contributed by atoms with Crippen molar-refractivity contribution in [3.05, 3.63) is 69.0 Å². The number of carbonyl (C=O) groups is 2. The molecule has 1 fully saturated rings. The summed E-state index contributed by atoms with van der Waals surface area (Å²) in [6.07, 6.45) is 0. The van der Waals surface area contributed by atoms with Crippen molar-refractivity contribution in [2.45, 2.75) is 0 Å². The molecule has 2 aromatic carbocycles. The van der Waals surface area contributed by atoms with E-state index in [2.05, 4.69) is 0 Å². The lowest BCUT2D eigenvalue weighted by Gasteiger charge is -2.35. The van der Waals surface area contributed by atoms with Crippen LogP contribution in [0.1, 0.15) is 20.7 Å². The maximum absolute atomic E-state index is 13.8. The minimum Gasteiger partial charge on any atom is -0.335 e. The first-order valence-corrected chi connectivity index (χ1v) is 8.72. The van der Waals surface area contributed by atoms with E-state index in [4.69, 9.17) is 23.2 Å². The van der Waals surface area contributed by atoms with Gasteiger partial charge >= 0.3 is 0 Å². The van der Waals surface area contributed by atoms with Gasteiger partial charge in [-0.2, -0.15) is 0 Å². The van der Waals surface area contributed by atoms with E-state index in [1.54, 1.807) is 6.07 Å². The van der Waals surface area contributed by atoms with Crippen LogP contribution < -0.4 is 0 Å². The van der Waals surface area contributed by atoms with E-state index >= 15 is 0 Å². The first-order chi connectivity index (χ1) is 12.8. The van der Waals surface area contributed by atoms with Crippen LogP contribution >= 0.6 is 23.2 Å². The maximum Gasteiger partial charge on any atom is 0.257 e. The standard InChI is InChI=1S/C18H13Cl2F3N2O2/c19-12-3-1-10(9-13(12)20)17(26)24-5-7-25(8-6-24)18(27)11-2-4-14(21)16(23)15(11)22/h1-4,9H,5-8H2. The Balaban J connectivity index is 1.68. The molecule has 1 saturated heterocycles. The third kappa shape index (κ3) is 3.89. The van der Waals surface area contributed by atoms with Gasteiger partial charge in [0.2, 0.25) is 0 Å². The van der Waals surface area contributed by atoms with Crippen molar-refractivity contribution in [1.82, 2.24) is 9.80 Å². The molecule has 0 aliphatic carbocycles. The molecule has 9 heteroatoms. The lowest BCUT2D eigenvalue weighted by atomic mass is 10.1. The van der Waals surface area contributed by atoms with E-state index in [1.165, 1.54) is 21.9 Å². The third-order valence-corrected chi connectivity index (χ3v) is 5.03. The fraction of sp³-hybridized carbons (Fsp3) is 0.222. The number of piperazine rings is 1. The van der Waals surface area contributed by atoms with Crippen LogP contribution in [0, 0.1) is 17.5 Å². The Bertz CT molecular complexity index is 916. The highest BCUT2D eigenvalue weighted by Crippen LogP contribution is 2.24. The second-order valence-corrected chi connectivity index (χ2v) is 6.75. The van der Waals surface area contributed by atoms with Gasteiger partial charge in [-0.05, 0) is 30.3 Å². The molecule has 0 aromatic heterocycles. The fourth-order valence-electron chi connectivity index (χ4n) is 2.79. The number of amides is 2. The second-order valence-electron chi connectivity index (χ2n) is 5.94. The van der Waals surface area contributed by atoms with Gasteiger partial charge in [0, 0.05) is 31.7 Å². The SMILES string of the molecule is O=C(c1ccc(Cl)c(Cl)c1)N1CCN(C(=O)c2ccc(F)c(F)c2F)CC1. The summed E-state index contributed by atoms with van der Waals surface area (Å²) >= 11 is 11.8. The van der Waals surface area contributed by atoms with Crippen LogP contribution in [0.15, 0.2) is 30.3 Å². The van der Waals surface area contributed by atoms with Crippen LogP contribution in [0.2, 0.25) is 10.0 Å². The highest BCUT2D eigenvalue weighted by molar-refractivity contribution is 6.42. The highest BCUT2D eigenvalue weighted by Gasteiger charge is 2.28. The molecule has 2 amide bonds. The summed E-state index contributed by atoms with van der Waals surface area (Å²) in [5.74, 6) is -5.60. The lowest BCUT2D eigenvalue weighted by molar-refractivity contribution is 0.0532. The monoisotopic (exact) mass is 416 g/mol. The van der Waals surface area contributed by atoms with Gasteiger partial charge in [-0.3, -0.25) is 9.59 Å². The molecular weight excluding hydrogens is 404 g/mol. The molecule has 4 nitrogen and oxygen atoms in total. The van der Waals surface area contributed by atoms with E-state index < -0.39 is 28.9 Å². The summed E-state index contributed by atoms with van der Waals surface area (Å²) in [4.78, 5) is 27.7. The minimum atomic E-state index is -1.69. The van der Waals surface area contributed by atoms with Crippen molar-refractivity contribution in [1.29, 1.82) is 0 Å². The van der Waals surface area contributed by atoms with Gasteiger partial charge in [-0.25, -0.2) is 13.2 Å². The van der Waals surface area contributed by atoms with Crippen molar-refractivity contribution >= 4 is 35.0 Å². The number of hydrogen-bond donors (Lipinski definition) is 0. The summed E-state index contributed by atoms with van der Waals surface area (Å²) in [5, 5.41) is 0.585. The average molecular weight is 417 g/mol. The summed E-state index contributed by atoms with van der Waals surface area (Å²) < 4.78 is 40.2. The molecule has 3 rings (SSSR count). The number of hydrogen-bond acceptors (Lipinski definition) is 2. The number of carbonyl (C=O) groups excluding carboxylic acids is 2. The molecule has 1 aliphatic heterocycles. The quantitative estimate of drug-likeness (QED) is 0.693. The Morgan fingerprint density at radius 1 is 0.778 bits per heavy atom. The smallest absolute Gasteiger partial charge is 0.257 e. The van der Waals surface area contributed by atoms with Gasteiger partial charge in [-0.1, -0.05) is 23.2 Å². The summed E-state index contributed by atoms with van der Waals surface area (Å²) in [5.41, 5.74) is -0.186. The molecule has 0 radical (unpaired) electrons. The summed E-state index contributed by atoms with van der Waals surface area (Å²) in [6.45, 7) is 0.668. The Morgan fingerprint density at radius 2 is 1.37 bits per heavy atom. The largest absolute Gasteiger partial charge is 0.335 e. The summed E-state index contributed by atoms with van der Waals surface area (Å²) in [7, 11) is 0. The van der Waals surface area contributed by atoms with E-state index in [9.17, 15) is 22.8 Å². The molecule has 1 aliphatic rings. The fourth-order valence-corrected chi connectivity index (χ4v) is 3.08. The van der Waals surface area contributed by atoms with Gasteiger partial charge in [0.25, 0.3) is 11.8 Å². The molecule has 142 valence electrons. The highest BCUT2D eigenvalue weighted by atomic mass is 35.5. The molecule has 27 heavy (non-hydrogen) atoms. The molecular formula is C18H13Cl2F3N2O2. The van der Waals surface area contributed by atoms with Gasteiger partial charge in [0.05, 0.1) is 15.6 Å². The zero-order chi connectivity index (χ0) is 19.7. The normalized spacial score (nSPS) is 14.4. The van der Waals surface area contributed by atoms with Crippen molar-refractivity contribution in [2.24, 2.45) is 0 Å². The molecule has 0 bridgehead atoms. The molecule has 2 aromatic rings. The zero-order valence-electron chi connectivity index (χ0n) is 13.8. The first kappa shape index (κ1) is 19.5. The van der Waals surface area contributed by atoms with Crippen LogP contribution in [0.25, 0.3) is 0 Å². The van der Waals surface area contributed by atoms with Gasteiger partial charge in [0.15, 0.2) is 17.5 Å². The molecule has 0 atom stereocenters. The Morgan fingerprint density at radius 3 is 1.96 bits per heavy atom. The Hall–Kier alpha value is -2.25. The number of benzene rings is 2. The summed E-state index contributed by atoms with van der Waals surface area (Å²) in [6, 6.07) is 6.13.